The van der Waals surface area contributed by atoms with Gasteiger partial charge in [-0.3, -0.25) is 4.79 Å². The molecule has 0 radical (unpaired) electrons. The van der Waals surface area contributed by atoms with Crippen molar-refractivity contribution in [3.63, 3.8) is 0 Å². The van der Waals surface area contributed by atoms with Gasteiger partial charge in [0.25, 0.3) is 0 Å². The van der Waals surface area contributed by atoms with Crippen molar-refractivity contribution in [1.82, 2.24) is 4.98 Å². The zero-order valence-corrected chi connectivity index (χ0v) is 14.0. The third-order valence-corrected chi connectivity index (χ3v) is 4.57. The number of aromatic nitrogens is 1. The molecule has 0 aliphatic rings. The summed E-state index contributed by atoms with van der Waals surface area (Å²) in [5.74, 6) is 0.689. The number of thiazole rings is 1. The van der Waals surface area contributed by atoms with Crippen molar-refractivity contribution in [2.24, 2.45) is 5.92 Å². The molecule has 0 fully saturated rings. The Morgan fingerprint density at radius 1 is 1.48 bits per heavy atom. The van der Waals surface area contributed by atoms with E-state index in [0.717, 1.165) is 5.69 Å². The van der Waals surface area contributed by atoms with Crippen LogP contribution in [0.2, 0.25) is 0 Å². The molecule has 2 rings (SSSR count). The zero-order valence-electron chi connectivity index (χ0n) is 12.3. The fourth-order valence-electron chi connectivity index (χ4n) is 1.87. The summed E-state index contributed by atoms with van der Waals surface area (Å²) < 4.78 is 0. The first-order chi connectivity index (χ1) is 9.99. The van der Waals surface area contributed by atoms with Gasteiger partial charge >= 0.3 is 0 Å². The minimum atomic E-state index is 0.0610. The molecule has 1 aromatic heterocycles. The molecular formula is C15H19N3OS2. The molecule has 1 aromatic carbocycles. The van der Waals surface area contributed by atoms with Gasteiger partial charge in [-0.05, 0) is 30.4 Å². The van der Waals surface area contributed by atoms with Crippen LogP contribution in [-0.2, 0) is 0 Å². The lowest BCUT2D eigenvalue weighted by Crippen LogP contribution is -2.04. The fraction of sp³-hybridized carbons (Fsp3) is 0.333. The van der Waals surface area contributed by atoms with E-state index in [1.54, 1.807) is 11.8 Å². The van der Waals surface area contributed by atoms with Crippen LogP contribution in [-0.4, -0.2) is 17.0 Å². The highest BCUT2D eigenvalue weighted by Crippen LogP contribution is 2.30. The van der Waals surface area contributed by atoms with Crippen LogP contribution in [0.1, 0.15) is 29.9 Å². The lowest BCUT2D eigenvalue weighted by atomic mass is 10.1. The van der Waals surface area contributed by atoms with Crippen LogP contribution >= 0.6 is 23.1 Å². The molecule has 0 saturated heterocycles. The van der Waals surface area contributed by atoms with Crippen molar-refractivity contribution in [2.75, 3.05) is 17.3 Å². The molecule has 3 N–H and O–H groups in total. The van der Waals surface area contributed by atoms with Crippen LogP contribution in [0, 0.1) is 5.92 Å². The van der Waals surface area contributed by atoms with Crippen LogP contribution in [0.3, 0.4) is 0 Å². The molecule has 4 nitrogen and oxygen atoms in total. The Morgan fingerprint density at radius 2 is 2.24 bits per heavy atom. The number of nitrogens with zero attached hydrogens (tertiary/aromatic N) is 1. The minimum Gasteiger partial charge on any atom is -0.382 e. The van der Waals surface area contributed by atoms with Crippen LogP contribution < -0.4 is 11.1 Å². The van der Waals surface area contributed by atoms with Gasteiger partial charge in [0.05, 0.1) is 0 Å². The van der Waals surface area contributed by atoms with E-state index in [1.165, 1.54) is 16.2 Å². The summed E-state index contributed by atoms with van der Waals surface area (Å²) in [5, 5.41) is 3.86. The maximum atomic E-state index is 12.1. The van der Waals surface area contributed by atoms with Gasteiger partial charge in [0, 0.05) is 17.0 Å². The average molecular weight is 321 g/mol. The highest BCUT2D eigenvalue weighted by molar-refractivity contribution is 7.98. The van der Waals surface area contributed by atoms with E-state index in [9.17, 15) is 4.79 Å². The molecule has 0 unspecified atom stereocenters. The van der Waals surface area contributed by atoms with Gasteiger partial charge in [0.15, 0.2) is 10.9 Å². The molecule has 1 heterocycles. The average Bonchev–Trinajstić information content (AvgIpc) is 2.79. The molecule has 0 spiro atoms. The number of carbonyl (C=O) groups is 1. The first kappa shape index (κ1) is 15.9. The third-order valence-electron chi connectivity index (χ3n) is 2.82. The molecule has 21 heavy (non-hydrogen) atoms. The maximum Gasteiger partial charge on any atom is 0.189 e. The molecule has 0 saturated carbocycles. The number of Topliss-reactive ketones (excluding diaryl/α,β-unsaturated/α-hetero) is 1. The summed E-state index contributed by atoms with van der Waals surface area (Å²) in [6, 6.07) is 8.03. The summed E-state index contributed by atoms with van der Waals surface area (Å²) in [4.78, 5) is 18.1. The molecular weight excluding hydrogens is 302 g/mol. The number of hydrogen-bond donors (Lipinski definition) is 2. The van der Waals surface area contributed by atoms with E-state index in [0.29, 0.717) is 28.2 Å². The Labute approximate surface area is 133 Å². The smallest absolute Gasteiger partial charge is 0.189 e. The molecule has 0 atom stereocenters. The Balaban J connectivity index is 2.16. The van der Waals surface area contributed by atoms with E-state index < -0.39 is 0 Å². The molecule has 6 heteroatoms. The summed E-state index contributed by atoms with van der Waals surface area (Å²) in [6.07, 6.45) is 2.52. The summed E-state index contributed by atoms with van der Waals surface area (Å²) in [7, 11) is 0. The molecule has 0 bridgehead atoms. The SMILES string of the molecule is CSc1cccc(Nc2nc(N)c(C(=O)CC(C)C)s2)c1. The monoisotopic (exact) mass is 321 g/mol. The number of thioether (sulfide) groups is 1. The zero-order chi connectivity index (χ0) is 15.4. The number of nitrogens with two attached hydrogens (primary N) is 1. The van der Waals surface area contributed by atoms with Gasteiger partial charge < -0.3 is 11.1 Å². The van der Waals surface area contributed by atoms with Gasteiger partial charge in [0.1, 0.15) is 10.7 Å². The normalized spacial score (nSPS) is 10.9. The molecule has 0 aliphatic heterocycles. The minimum absolute atomic E-state index is 0.0610. The Hall–Kier alpha value is -1.53. The van der Waals surface area contributed by atoms with Crippen molar-refractivity contribution in [2.45, 2.75) is 25.2 Å². The van der Waals surface area contributed by atoms with Gasteiger partial charge in [0.2, 0.25) is 0 Å². The molecule has 2 aromatic rings. The second kappa shape index (κ2) is 6.95. The van der Waals surface area contributed by atoms with Crippen molar-refractivity contribution in [3.8, 4) is 0 Å². The number of nitrogens with one attached hydrogen (secondary N) is 1. The standard InChI is InChI=1S/C15H19N3OS2/c1-9(2)7-12(19)13-14(16)18-15(21-13)17-10-5-4-6-11(8-10)20-3/h4-6,8-9H,7,16H2,1-3H3,(H,17,18). The highest BCUT2D eigenvalue weighted by atomic mass is 32.2. The lowest BCUT2D eigenvalue weighted by molar-refractivity contribution is 0.0972. The van der Waals surface area contributed by atoms with Crippen molar-refractivity contribution >= 4 is 45.5 Å². The topological polar surface area (TPSA) is 68.0 Å². The van der Waals surface area contributed by atoms with Crippen LogP contribution in [0.5, 0.6) is 0 Å². The molecule has 112 valence electrons. The second-order valence-electron chi connectivity index (χ2n) is 5.11. The quantitative estimate of drug-likeness (QED) is 0.609. The molecule has 0 aliphatic carbocycles. The number of rotatable bonds is 6. The predicted octanol–water partition coefficient (Wildman–Crippen LogP) is 4.42. The number of carbonyl (C=O) groups excluding carboxylic acids is 1. The Morgan fingerprint density at radius 3 is 2.90 bits per heavy atom. The number of anilines is 3. The van der Waals surface area contributed by atoms with Crippen molar-refractivity contribution in [3.05, 3.63) is 29.1 Å². The van der Waals surface area contributed by atoms with Crippen LogP contribution in [0.15, 0.2) is 29.2 Å². The van der Waals surface area contributed by atoms with E-state index >= 15 is 0 Å². The summed E-state index contributed by atoms with van der Waals surface area (Å²) >= 11 is 2.99. The van der Waals surface area contributed by atoms with E-state index in [1.807, 2.05) is 44.4 Å². The highest BCUT2D eigenvalue weighted by Gasteiger charge is 2.17. The summed E-state index contributed by atoms with van der Waals surface area (Å²) in [5.41, 5.74) is 6.81. The number of hydrogen-bond acceptors (Lipinski definition) is 6. The van der Waals surface area contributed by atoms with Gasteiger partial charge in [-0.25, -0.2) is 4.98 Å². The van der Waals surface area contributed by atoms with Crippen LogP contribution in [0.4, 0.5) is 16.6 Å². The van der Waals surface area contributed by atoms with E-state index in [2.05, 4.69) is 10.3 Å². The van der Waals surface area contributed by atoms with Crippen molar-refractivity contribution in [1.29, 1.82) is 0 Å². The predicted molar refractivity (Wildman–Crippen MR) is 91.8 cm³/mol. The van der Waals surface area contributed by atoms with Gasteiger partial charge in [-0.15, -0.1) is 11.8 Å². The maximum absolute atomic E-state index is 12.1. The second-order valence-corrected chi connectivity index (χ2v) is 6.99. The largest absolute Gasteiger partial charge is 0.382 e. The summed E-state index contributed by atoms with van der Waals surface area (Å²) in [6.45, 7) is 4.03. The third kappa shape index (κ3) is 4.22. The number of ketones is 1. The number of nitrogen functional groups attached to an aromatic ring is 1. The first-order valence-electron chi connectivity index (χ1n) is 6.70. The van der Waals surface area contributed by atoms with E-state index in [4.69, 9.17) is 5.73 Å². The Kier molecular flexibility index (Phi) is 5.25. The van der Waals surface area contributed by atoms with Crippen molar-refractivity contribution < 1.29 is 4.79 Å². The number of benzene rings is 1. The van der Waals surface area contributed by atoms with E-state index in [-0.39, 0.29) is 5.78 Å². The van der Waals surface area contributed by atoms with Crippen LogP contribution in [0.25, 0.3) is 0 Å². The molecule has 0 amide bonds. The fourth-order valence-corrected chi connectivity index (χ4v) is 3.19. The Bertz CT molecular complexity index is 638. The first-order valence-corrected chi connectivity index (χ1v) is 8.74. The van der Waals surface area contributed by atoms with Gasteiger partial charge in [-0.1, -0.05) is 31.3 Å². The van der Waals surface area contributed by atoms with Gasteiger partial charge in [-0.2, -0.15) is 0 Å². The lowest BCUT2D eigenvalue weighted by Gasteiger charge is -2.03.